The number of likely N-dealkylation sites (N-methyl/N-ethyl adjacent to an activating group) is 1. The van der Waals surface area contributed by atoms with E-state index in [4.69, 9.17) is 0 Å². The number of hydrogen-bond donors (Lipinski definition) is 1. The zero-order valence-electron chi connectivity index (χ0n) is 10.9. The molecule has 3 nitrogen and oxygen atoms in total. The van der Waals surface area contributed by atoms with Crippen LogP contribution in [-0.4, -0.2) is 25.6 Å². The van der Waals surface area contributed by atoms with Crippen LogP contribution in [-0.2, 0) is 6.42 Å². The van der Waals surface area contributed by atoms with E-state index >= 15 is 0 Å². The normalized spacial score (nSPS) is 10.1. The summed E-state index contributed by atoms with van der Waals surface area (Å²) in [7, 11) is 4.06. The molecule has 0 aliphatic heterocycles. The van der Waals surface area contributed by atoms with Crippen molar-refractivity contribution in [2.24, 2.45) is 0 Å². The van der Waals surface area contributed by atoms with E-state index in [-0.39, 0.29) is 0 Å². The van der Waals surface area contributed by atoms with Crippen molar-refractivity contribution in [3.63, 3.8) is 0 Å². The molecule has 94 valence electrons. The van der Waals surface area contributed by atoms with E-state index in [1.165, 1.54) is 11.3 Å². The van der Waals surface area contributed by atoms with Gasteiger partial charge in [-0.2, -0.15) is 0 Å². The van der Waals surface area contributed by atoms with Crippen LogP contribution in [0.3, 0.4) is 0 Å². The molecule has 0 spiro atoms. The molecular weight excluding hydrogens is 222 g/mol. The van der Waals surface area contributed by atoms with Crippen molar-refractivity contribution in [1.82, 2.24) is 4.98 Å². The highest BCUT2D eigenvalue weighted by Crippen LogP contribution is 2.18. The highest BCUT2D eigenvalue weighted by Gasteiger charge is 2.02. The summed E-state index contributed by atoms with van der Waals surface area (Å²) < 4.78 is 0. The molecule has 1 N–H and O–H groups in total. The van der Waals surface area contributed by atoms with Crippen LogP contribution in [0.25, 0.3) is 0 Å². The summed E-state index contributed by atoms with van der Waals surface area (Å²) in [5, 5.41) is 3.16. The van der Waals surface area contributed by atoms with E-state index in [0.29, 0.717) is 0 Å². The van der Waals surface area contributed by atoms with Crippen molar-refractivity contribution < 1.29 is 0 Å². The molecule has 2 rings (SSSR count). The monoisotopic (exact) mass is 241 g/mol. The van der Waals surface area contributed by atoms with Crippen molar-refractivity contribution >= 4 is 11.4 Å². The quantitative estimate of drug-likeness (QED) is 0.872. The Bertz CT molecular complexity index is 482. The molecule has 3 heteroatoms. The summed E-state index contributed by atoms with van der Waals surface area (Å²) in [6, 6.07) is 12.5. The van der Waals surface area contributed by atoms with Crippen LogP contribution in [0.4, 0.5) is 11.4 Å². The van der Waals surface area contributed by atoms with Gasteiger partial charge in [-0.25, -0.2) is 0 Å². The second-order valence-electron chi connectivity index (χ2n) is 4.33. The molecule has 0 atom stereocenters. The molecule has 0 fully saturated rings. The van der Waals surface area contributed by atoms with Gasteiger partial charge in [0.1, 0.15) is 0 Å². The predicted molar refractivity (Wildman–Crippen MR) is 77.2 cm³/mol. The average Bonchev–Trinajstić information content (AvgIpc) is 2.46. The zero-order chi connectivity index (χ0) is 12.8. The van der Waals surface area contributed by atoms with Gasteiger partial charge in [-0.15, -0.1) is 0 Å². The SMILES string of the molecule is CNc1cccc(N(C)CCc2cccnc2)c1. The van der Waals surface area contributed by atoms with E-state index in [1.54, 1.807) is 0 Å². The second kappa shape index (κ2) is 6.05. The Hall–Kier alpha value is -2.03. The summed E-state index contributed by atoms with van der Waals surface area (Å²) in [6.07, 6.45) is 4.75. The highest BCUT2D eigenvalue weighted by molar-refractivity contribution is 5.57. The lowest BCUT2D eigenvalue weighted by atomic mass is 10.2. The minimum atomic E-state index is 0.985. The van der Waals surface area contributed by atoms with Crippen molar-refractivity contribution in [2.45, 2.75) is 6.42 Å². The predicted octanol–water partition coefficient (Wildman–Crippen LogP) is 2.80. The fraction of sp³-hybridized carbons (Fsp3) is 0.267. The van der Waals surface area contributed by atoms with Crippen LogP contribution < -0.4 is 10.2 Å². The lowest BCUT2D eigenvalue weighted by Crippen LogP contribution is -2.20. The lowest BCUT2D eigenvalue weighted by Gasteiger charge is -2.20. The number of hydrogen-bond acceptors (Lipinski definition) is 3. The minimum absolute atomic E-state index is 0.985. The first kappa shape index (κ1) is 12.4. The van der Waals surface area contributed by atoms with Gasteiger partial charge in [-0.05, 0) is 36.2 Å². The Balaban J connectivity index is 1.97. The van der Waals surface area contributed by atoms with Gasteiger partial charge in [-0.3, -0.25) is 4.98 Å². The number of nitrogens with zero attached hydrogens (tertiary/aromatic N) is 2. The van der Waals surface area contributed by atoms with E-state index in [0.717, 1.165) is 18.7 Å². The van der Waals surface area contributed by atoms with Gasteiger partial charge >= 0.3 is 0 Å². The molecule has 0 saturated heterocycles. The fourth-order valence-corrected chi connectivity index (χ4v) is 1.87. The molecule has 1 aromatic carbocycles. The topological polar surface area (TPSA) is 28.2 Å². The summed E-state index contributed by atoms with van der Waals surface area (Å²) in [5.74, 6) is 0. The number of nitrogens with one attached hydrogen (secondary N) is 1. The molecule has 0 amide bonds. The van der Waals surface area contributed by atoms with Crippen molar-refractivity contribution in [2.75, 3.05) is 30.9 Å². The Kier molecular flexibility index (Phi) is 4.18. The van der Waals surface area contributed by atoms with E-state index in [2.05, 4.69) is 52.6 Å². The van der Waals surface area contributed by atoms with E-state index in [1.807, 2.05) is 25.5 Å². The summed E-state index contributed by atoms with van der Waals surface area (Å²) in [4.78, 5) is 6.39. The third kappa shape index (κ3) is 3.23. The number of aromatic nitrogens is 1. The maximum absolute atomic E-state index is 4.13. The summed E-state index contributed by atoms with van der Waals surface area (Å²) >= 11 is 0. The molecule has 1 aromatic heterocycles. The van der Waals surface area contributed by atoms with Crippen molar-refractivity contribution in [1.29, 1.82) is 0 Å². The Labute approximate surface area is 108 Å². The maximum Gasteiger partial charge on any atom is 0.0384 e. The number of anilines is 2. The first-order valence-electron chi connectivity index (χ1n) is 6.17. The van der Waals surface area contributed by atoms with E-state index < -0.39 is 0 Å². The Morgan fingerprint density at radius 1 is 1.22 bits per heavy atom. The molecule has 0 bridgehead atoms. The summed E-state index contributed by atoms with van der Waals surface area (Å²) in [6.45, 7) is 0.985. The van der Waals surface area contributed by atoms with Gasteiger partial charge in [0.25, 0.3) is 0 Å². The van der Waals surface area contributed by atoms with Crippen LogP contribution >= 0.6 is 0 Å². The van der Waals surface area contributed by atoms with Gasteiger partial charge in [0, 0.05) is 44.4 Å². The third-order valence-corrected chi connectivity index (χ3v) is 3.03. The fourth-order valence-electron chi connectivity index (χ4n) is 1.87. The number of rotatable bonds is 5. The smallest absolute Gasteiger partial charge is 0.0384 e. The zero-order valence-corrected chi connectivity index (χ0v) is 10.9. The van der Waals surface area contributed by atoms with Gasteiger partial charge < -0.3 is 10.2 Å². The Morgan fingerprint density at radius 3 is 2.83 bits per heavy atom. The van der Waals surface area contributed by atoms with Crippen molar-refractivity contribution in [3.8, 4) is 0 Å². The van der Waals surface area contributed by atoms with Crippen molar-refractivity contribution in [3.05, 3.63) is 54.4 Å². The van der Waals surface area contributed by atoms with Crippen LogP contribution in [0, 0.1) is 0 Å². The molecule has 0 aliphatic carbocycles. The number of benzene rings is 1. The molecule has 0 aliphatic rings. The van der Waals surface area contributed by atoms with Gasteiger partial charge in [0.2, 0.25) is 0 Å². The number of pyridine rings is 1. The average molecular weight is 241 g/mol. The summed E-state index contributed by atoms with van der Waals surface area (Å²) in [5.41, 5.74) is 3.64. The first-order chi connectivity index (χ1) is 8.79. The van der Waals surface area contributed by atoms with Gasteiger partial charge in [-0.1, -0.05) is 12.1 Å². The highest BCUT2D eigenvalue weighted by atomic mass is 15.1. The van der Waals surface area contributed by atoms with Gasteiger partial charge in [0.15, 0.2) is 0 Å². The van der Waals surface area contributed by atoms with Crippen LogP contribution in [0.15, 0.2) is 48.8 Å². The molecule has 18 heavy (non-hydrogen) atoms. The standard InChI is InChI=1S/C15H19N3/c1-16-14-6-3-7-15(11-14)18(2)10-8-13-5-4-9-17-12-13/h3-7,9,11-12,16H,8,10H2,1-2H3. The Morgan fingerprint density at radius 2 is 2.11 bits per heavy atom. The van der Waals surface area contributed by atoms with E-state index in [9.17, 15) is 0 Å². The molecule has 0 unspecified atom stereocenters. The molecule has 2 aromatic rings. The molecular formula is C15H19N3. The van der Waals surface area contributed by atoms with Crippen LogP contribution in [0.1, 0.15) is 5.56 Å². The molecule has 0 saturated carbocycles. The van der Waals surface area contributed by atoms with Crippen LogP contribution in [0.2, 0.25) is 0 Å². The lowest BCUT2D eigenvalue weighted by molar-refractivity contribution is 0.872. The van der Waals surface area contributed by atoms with Crippen LogP contribution in [0.5, 0.6) is 0 Å². The third-order valence-electron chi connectivity index (χ3n) is 3.03. The maximum atomic E-state index is 4.13. The minimum Gasteiger partial charge on any atom is -0.388 e. The molecule has 0 radical (unpaired) electrons. The largest absolute Gasteiger partial charge is 0.388 e. The first-order valence-corrected chi connectivity index (χ1v) is 6.17. The van der Waals surface area contributed by atoms with Gasteiger partial charge in [0.05, 0.1) is 0 Å². The molecule has 1 heterocycles. The second-order valence-corrected chi connectivity index (χ2v) is 4.33.